The van der Waals surface area contributed by atoms with Gasteiger partial charge in [-0.25, -0.2) is 4.79 Å². The van der Waals surface area contributed by atoms with Gasteiger partial charge in [-0.05, 0) is 24.1 Å². The predicted octanol–water partition coefficient (Wildman–Crippen LogP) is 1.14. The summed E-state index contributed by atoms with van der Waals surface area (Å²) in [5.41, 5.74) is 1.93. The van der Waals surface area contributed by atoms with Crippen LogP contribution in [0.5, 0.6) is 0 Å². The molecule has 3 amide bonds. The molecule has 7 heteroatoms. The summed E-state index contributed by atoms with van der Waals surface area (Å²) in [5, 5.41) is 5.54. The van der Waals surface area contributed by atoms with E-state index < -0.39 is 6.09 Å². The van der Waals surface area contributed by atoms with Crippen LogP contribution in [0.2, 0.25) is 0 Å². The normalized spacial score (nSPS) is 23.6. The topological polar surface area (TPSA) is 87.7 Å². The summed E-state index contributed by atoms with van der Waals surface area (Å²) in [6.45, 7) is 2.82. The highest BCUT2D eigenvalue weighted by molar-refractivity contribution is 5.89. The Bertz CT molecular complexity index is 634. The van der Waals surface area contributed by atoms with Crippen LogP contribution in [-0.2, 0) is 14.3 Å². The zero-order valence-corrected chi connectivity index (χ0v) is 13.6. The molecule has 24 heavy (non-hydrogen) atoms. The number of amides is 3. The van der Waals surface area contributed by atoms with Crippen LogP contribution in [0.3, 0.4) is 0 Å². The highest BCUT2D eigenvalue weighted by Crippen LogP contribution is 2.27. The lowest BCUT2D eigenvalue weighted by molar-refractivity contribution is -0.122. The second-order valence-electron chi connectivity index (χ2n) is 6.18. The van der Waals surface area contributed by atoms with E-state index in [1.165, 1.54) is 6.92 Å². The third-order valence-corrected chi connectivity index (χ3v) is 4.39. The zero-order valence-electron chi connectivity index (χ0n) is 13.6. The minimum atomic E-state index is -0.400. The van der Waals surface area contributed by atoms with Crippen molar-refractivity contribution in [1.29, 1.82) is 0 Å². The predicted molar refractivity (Wildman–Crippen MR) is 87.7 cm³/mol. The number of hydrogen-bond donors (Lipinski definition) is 2. The molecule has 3 rings (SSSR count). The van der Waals surface area contributed by atoms with Crippen LogP contribution < -0.4 is 15.5 Å². The maximum absolute atomic E-state index is 12.0. The maximum atomic E-state index is 12.0. The van der Waals surface area contributed by atoms with Crippen molar-refractivity contribution < 1.29 is 19.1 Å². The van der Waals surface area contributed by atoms with Gasteiger partial charge >= 0.3 is 6.09 Å². The fraction of sp³-hybridized carbons (Fsp3) is 0.471. The van der Waals surface area contributed by atoms with Crippen molar-refractivity contribution in [3.8, 4) is 0 Å². The molecule has 2 fully saturated rings. The summed E-state index contributed by atoms with van der Waals surface area (Å²) in [4.78, 5) is 35.7. The number of piperidine rings is 1. The van der Waals surface area contributed by atoms with Crippen molar-refractivity contribution in [3.05, 3.63) is 29.8 Å². The van der Waals surface area contributed by atoms with Crippen molar-refractivity contribution in [3.63, 3.8) is 0 Å². The quantitative estimate of drug-likeness (QED) is 0.866. The van der Waals surface area contributed by atoms with Crippen molar-refractivity contribution in [1.82, 2.24) is 10.6 Å². The van der Waals surface area contributed by atoms with Gasteiger partial charge in [-0.1, -0.05) is 12.1 Å². The molecule has 0 bridgehead atoms. The molecular formula is C17H21N3O4. The van der Waals surface area contributed by atoms with Crippen molar-refractivity contribution >= 4 is 23.6 Å². The molecule has 2 unspecified atom stereocenters. The van der Waals surface area contributed by atoms with Crippen LogP contribution in [0, 0.1) is 0 Å². The highest BCUT2D eigenvalue weighted by Gasteiger charge is 2.32. The van der Waals surface area contributed by atoms with E-state index in [4.69, 9.17) is 4.74 Å². The maximum Gasteiger partial charge on any atom is 0.414 e. The van der Waals surface area contributed by atoms with Gasteiger partial charge in [-0.15, -0.1) is 0 Å². The van der Waals surface area contributed by atoms with Crippen LogP contribution >= 0.6 is 0 Å². The number of nitrogens with one attached hydrogen (secondary N) is 2. The average molecular weight is 331 g/mol. The molecule has 2 heterocycles. The summed E-state index contributed by atoms with van der Waals surface area (Å²) >= 11 is 0. The molecule has 2 saturated heterocycles. The first-order chi connectivity index (χ1) is 11.5. The van der Waals surface area contributed by atoms with E-state index in [1.807, 2.05) is 24.3 Å². The number of hydrogen-bond acceptors (Lipinski definition) is 4. The summed E-state index contributed by atoms with van der Waals surface area (Å²) in [7, 11) is 0. The van der Waals surface area contributed by atoms with E-state index in [0.717, 1.165) is 17.7 Å². The van der Waals surface area contributed by atoms with Gasteiger partial charge in [0, 0.05) is 31.5 Å². The lowest BCUT2D eigenvalue weighted by Gasteiger charge is -2.23. The number of nitrogens with zero attached hydrogens (tertiary/aromatic N) is 1. The number of ether oxygens (including phenoxy) is 1. The lowest BCUT2D eigenvalue weighted by atomic mass is 9.91. The van der Waals surface area contributed by atoms with E-state index in [1.54, 1.807) is 4.90 Å². The minimum absolute atomic E-state index is 0.105. The largest absolute Gasteiger partial charge is 0.442 e. The van der Waals surface area contributed by atoms with E-state index in [9.17, 15) is 14.4 Å². The van der Waals surface area contributed by atoms with E-state index >= 15 is 0 Å². The number of carbonyl (C=O) groups excluding carboxylic acids is 3. The first-order valence-electron chi connectivity index (χ1n) is 8.12. The second kappa shape index (κ2) is 6.90. The van der Waals surface area contributed by atoms with Crippen LogP contribution in [-0.4, -0.2) is 43.6 Å². The fourth-order valence-electron chi connectivity index (χ4n) is 3.04. The zero-order chi connectivity index (χ0) is 17.1. The van der Waals surface area contributed by atoms with Gasteiger partial charge in [0.2, 0.25) is 11.8 Å². The Morgan fingerprint density at radius 2 is 2.08 bits per heavy atom. The molecule has 128 valence electrons. The van der Waals surface area contributed by atoms with Gasteiger partial charge in [0.25, 0.3) is 0 Å². The van der Waals surface area contributed by atoms with Gasteiger partial charge in [0.05, 0.1) is 13.1 Å². The molecule has 2 aliphatic heterocycles. The van der Waals surface area contributed by atoms with Gasteiger partial charge in [-0.3, -0.25) is 14.5 Å². The Labute approximate surface area is 140 Å². The second-order valence-corrected chi connectivity index (χ2v) is 6.18. The molecule has 7 nitrogen and oxygen atoms in total. The molecule has 0 saturated carbocycles. The third kappa shape index (κ3) is 3.67. The molecule has 0 radical (unpaired) electrons. The Balaban J connectivity index is 1.62. The number of anilines is 1. The molecule has 1 aromatic rings. The summed E-state index contributed by atoms with van der Waals surface area (Å²) in [6.07, 6.45) is 0.656. The van der Waals surface area contributed by atoms with Gasteiger partial charge in [0.1, 0.15) is 6.10 Å². The summed E-state index contributed by atoms with van der Waals surface area (Å²) in [6, 6.07) is 7.78. The first kappa shape index (κ1) is 16.3. The van der Waals surface area contributed by atoms with Crippen molar-refractivity contribution in [2.45, 2.75) is 31.8 Å². The molecular weight excluding hydrogens is 310 g/mol. The third-order valence-electron chi connectivity index (χ3n) is 4.39. The van der Waals surface area contributed by atoms with Gasteiger partial charge in [0.15, 0.2) is 0 Å². The Morgan fingerprint density at radius 3 is 2.71 bits per heavy atom. The molecule has 0 aromatic heterocycles. The number of benzene rings is 1. The Morgan fingerprint density at radius 1 is 1.33 bits per heavy atom. The van der Waals surface area contributed by atoms with E-state index in [0.29, 0.717) is 32.0 Å². The van der Waals surface area contributed by atoms with E-state index in [2.05, 4.69) is 10.6 Å². The van der Waals surface area contributed by atoms with E-state index in [-0.39, 0.29) is 17.9 Å². The van der Waals surface area contributed by atoms with Gasteiger partial charge < -0.3 is 15.4 Å². The molecule has 2 atom stereocenters. The van der Waals surface area contributed by atoms with Crippen molar-refractivity contribution in [2.75, 3.05) is 24.5 Å². The molecule has 2 N–H and O–H groups in total. The van der Waals surface area contributed by atoms with Crippen molar-refractivity contribution in [2.24, 2.45) is 0 Å². The lowest BCUT2D eigenvalue weighted by Crippen LogP contribution is -2.33. The minimum Gasteiger partial charge on any atom is -0.442 e. The average Bonchev–Trinajstić information content (AvgIpc) is 2.95. The van der Waals surface area contributed by atoms with Crippen LogP contribution in [0.4, 0.5) is 10.5 Å². The number of cyclic esters (lactones) is 1. The van der Waals surface area contributed by atoms with Gasteiger partial charge in [-0.2, -0.15) is 0 Å². The Hall–Kier alpha value is -2.57. The fourth-order valence-corrected chi connectivity index (χ4v) is 3.04. The van der Waals surface area contributed by atoms with Crippen LogP contribution in [0.1, 0.15) is 31.2 Å². The monoisotopic (exact) mass is 331 g/mol. The first-order valence-corrected chi connectivity index (χ1v) is 8.12. The molecule has 1 aromatic carbocycles. The molecule has 2 aliphatic rings. The van der Waals surface area contributed by atoms with Crippen LogP contribution in [0.25, 0.3) is 0 Å². The smallest absolute Gasteiger partial charge is 0.414 e. The SMILES string of the molecule is CC(=O)NCC1CN(c2ccc(C3CCC(=O)NC3)cc2)C(=O)O1. The Kier molecular flexibility index (Phi) is 4.69. The standard InChI is InChI=1S/C17H21N3O4/c1-11(21)18-9-15-10-20(17(23)24-15)14-5-2-12(3-6-14)13-4-7-16(22)19-8-13/h2-3,5-6,13,15H,4,7-10H2,1H3,(H,18,21)(H,19,22). The highest BCUT2D eigenvalue weighted by atomic mass is 16.6. The summed E-state index contributed by atoms with van der Waals surface area (Å²) < 4.78 is 5.26. The summed E-state index contributed by atoms with van der Waals surface area (Å²) in [5.74, 6) is 0.274. The molecule has 0 spiro atoms. The molecule has 0 aliphatic carbocycles. The number of carbonyl (C=O) groups is 3. The number of rotatable bonds is 4. The van der Waals surface area contributed by atoms with Crippen LogP contribution in [0.15, 0.2) is 24.3 Å².